The SMILES string of the molecule is CCOc1ccc2cc(C(=O)N(C)CC3CCCC3O)[nH]c2c1. The van der Waals surface area contributed by atoms with Gasteiger partial charge in [-0.3, -0.25) is 4.79 Å². The maximum Gasteiger partial charge on any atom is 0.270 e. The van der Waals surface area contributed by atoms with E-state index in [0.717, 1.165) is 35.9 Å². The van der Waals surface area contributed by atoms with Gasteiger partial charge in [0.1, 0.15) is 11.4 Å². The molecule has 0 saturated heterocycles. The van der Waals surface area contributed by atoms with Gasteiger partial charge in [-0.1, -0.05) is 6.42 Å². The third-order valence-corrected chi connectivity index (χ3v) is 4.61. The molecule has 1 heterocycles. The zero-order valence-corrected chi connectivity index (χ0v) is 13.7. The van der Waals surface area contributed by atoms with Gasteiger partial charge in [0.15, 0.2) is 0 Å². The van der Waals surface area contributed by atoms with Crippen molar-refractivity contribution in [2.45, 2.75) is 32.3 Å². The number of carbonyl (C=O) groups excluding carboxylic acids is 1. The molecule has 0 bridgehead atoms. The summed E-state index contributed by atoms with van der Waals surface area (Å²) >= 11 is 0. The molecule has 2 unspecified atom stereocenters. The summed E-state index contributed by atoms with van der Waals surface area (Å²) in [5.74, 6) is 0.944. The molecule has 1 saturated carbocycles. The van der Waals surface area contributed by atoms with Crippen LogP contribution in [0.1, 0.15) is 36.7 Å². The molecule has 2 atom stereocenters. The second-order valence-corrected chi connectivity index (χ2v) is 6.31. The van der Waals surface area contributed by atoms with Crippen LogP contribution >= 0.6 is 0 Å². The molecule has 0 aliphatic heterocycles. The van der Waals surface area contributed by atoms with Gasteiger partial charge in [0, 0.05) is 36.5 Å². The van der Waals surface area contributed by atoms with Crippen molar-refractivity contribution in [3.8, 4) is 5.75 Å². The number of nitrogens with zero attached hydrogens (tertiary/aromatic N) is 1. The molecule has 1 amide bonds. The van der Waals surface area contributed by atoms with Crippen molar-refractivity contribution in [2.75, 3.05) is 20.2 Å². The van der Waals surface area contributed by atoms with Crippen LogP contribution < -0.4 is 4.74 Å². The Balaban J connectivity index is 1.74. The lowest BCUT2D eigenvalue weighted by Crippen LogP contribution is -2.34. The number of aromatic amines is 1. The molecule has 5 heteroatoms. The first kappa shape index (κ1) is 15.9. The summed E-state index contributed by atoms with van der Waals surface area (Å²) in [6.07, 6.45) is 2.60. The van der Waals surface area contributed by atoms with E-state index in [4.69, 9.17) is 4.74 Å². The topological polar surface area (TPSA) is 65.6 Å². The second-order valence-electron chi connectivity index (χ2n) is 6.31. The molecule has 1 aromatic carbocycles. The number of H-pyrrole nitrogens is 1. The summed E-state index contributed by atoms with van der Waals surface area (Å²) in [7, 11) is 1.80. The van der Waals surface area contributed by atoms with Crippen LogP contribution in [0.2, 0.25) is 0 Å². The Morgan fingerprint density at radius 3 is 2.91 bits per heavy atom. The highest BCUT2D eigenvalue weighted by Crippen LogP contribution is 2.27. The molecule has 1 aliphatic rings. The van der Waals surface area contributed by atoms with E-state index in [1.165, 1.54) is 0 Å². The molecule has 124 valence electrons. The van der Waals surface area contributed by atoms with Gasteiger partial charge in [0.05, 0.1) is 12.7 Å². The first-order valence-electron chi connectivity index (χ1n) is 8.27. The summed E-state index contributed by atoms with van der Waals surface area (Å²) < 4.78 is 5.49. The number of benzene rings is 1. The number of nitrogens with one attached hydrogen (secondary N) is 1. The highest BCUT2D eigenvalue weighted by Gasteiger charge is 2.28. The van der Waals surface area contributed by atoms with E-state index in [0.29, 0.717) is 18.8 Å². The number of hydrogen-bond acceptors (Lipinski definition) is 3. The van der Waals surface area contributed by atoms with Gasteiger partial charge in [0.25, 0.3) is 5.91 Å². The van der Waals surface area contributed by atoms with E-state index < -0.39 is 0 Å². The van der Waals surface area contributed by atoms with E-state index in [-0.39, 0.29) is 17.9 Å². The monoisotopic (exact) mass is 316 g/mol. The molecular weight excluding hydrogens is 292 g/mol. The summed E-state index contributed by atoms with van der Waals surface area (Å²) in [6, 6.07) is 7.65. The van der Waals surface area contributed by atoms with Crippen molar-refractivity contribution < 1.29 is 14.6 Å². The highest BCUT2D eigenvalue weighted by molar-refractivity contribution is 5.98. The van der Waals surface area contributed by atoms with E-state index in [1.807, 2.05) is 31.2 Å². The van der Waals surface area contributed by atoms with Crippen molar-refractivity contribution in [3.63, 3.8) is 0 Å². The zero-order chi connectivity index (χ0) is 16.4. The number of ether oxygens (including phenoxy) is 1. The van der Waals surface area contributed by atoms with Crippen molar-refractivity contribution in [1.82, 2.24) is 9.88 Å². The largest absolute Gasteiger partial charge is 0.494 e. The molecule has 0 spiro atoms. The fourth-order valence-corrected chi connectivity index (χ4v) is 3.35. The molecule has 23 heavy (non-hydrogen) atoms. The summed E-state index contributed by atoms with van der Waals surface area (Å²) in [5, 5.41) is 10.9. The number of carbonyl (C=O) groups is 1. The maximum atomic E-state index is 12.6. The fraction of sp³-hybridized carbons (Fsp3) is 0.500. The van der Waals surface area contributed by atoms with E-state index in [9.17, 15) is 9.90 Å². The summed E-state index contributed by atoms with van der Waals surface area (Å²) in [4.78, 5) is 17.5. The Labute approximate surface area is 136 Å². The maximum absolute atomic E-state index is 12.6. The Bertz CT molecular complexity index is 695. The number of rotatable bonds is 5. The minimum atomic E-state index is -0.276. The van der Waals surface area contributed by atoms with Crippen LogP contribution in [0.25, 0.3) is 10.9 Å². The second kappa shape index (κ2) is 6.62. The zero-order valence-electron chi connectivity index (χ0n) is 13.7. The molecule has 2 N–H and O–H groups in total. The number of aliphatic hydroxyl groups is 1. The van der Waals surface area contributed by atoms with Gasteiger partial charge in [-0.05, 0) is 38.0 Å². The highest BCUT2D eigenvalue weighted by atomic mass is 16.5. The van der Waals surface area contributed by atoms with Crippen molar-refractivity contribution in [2.24, 2.45) is 5.92 Å². The number of hydrogen-bond donors (Lipinski definition) is 2. The van der Waals surface area contributed by atoms with Crippen LogP contribution in [-0.4, -0.2) is 47.2 Å². The Morgan fingerprint density at radius 1 is 1.39 bits per heavy atom. The fourth-order valence-electron chi connectivity index (χ4n) is 3.35. The average molecular weight is 316 g/mol. The van der Waals surface area contributed by atoms with E-state index >= 15 is 0 Å². The van der Waals surface area contributed by atoms with Crippen LogP contribution in [-0.2, 0) is 0 Å². The lowest BCUT2D eigenvalue weighted by Gasteiger charge is -2.22. The standard InChI is InChI=1S/C18H24N2O3/c1-3-23-14-8-7-12-9-16(19-15(12)10-14)18(22)20(2)11-13-5-4-6-17(13)21/h7-10,13,17,19,21H,3-6,11H2,1-2H3. The minimum Gasteiger partial charge on any atom is -0.494 e. The molecule has 3 rings (SSSR count). The van der Waals surface area contributed by atoms with Gasteiger partial charge in [0.2, 0.25) is 0 Å². The van der Waals surface area contributed by atoms with Crippen LogP contribution in [0.15, 0.2) is 24.3 Å². The molecule has 1 fully saturated rings. The smallest absolute Gasteiger partial charge is 0.270 e. The van der Waals surface area contributed by atoms with Gasteiger partial charge in [-0.2, -0.15) is 0 Å². The third kappa shape index (κ3) is 3.34. The number of aromatic nitrogens is 1. The Kier molecular flexibility index (Phi) is 4.57. The summed E-state index contributed by atoms with van der Waals surface area (Å²) in [5.41, 5.74) is 1.47. The van der Waals surface area contributed by atoms with Gasteiger partial charge < -0.3 is 19.7 Å². The first-order chi connectivity index (χ1) is 11.1. The minimum absolute atomic E-state index is 0.0433. The van der Waals surface area contributed by atoms with E-state index in [1.54, 1.807) is 11.9 Å². The lowest BCUT2D eigenvalue weighted by atomic mass is 10.1. The normalized spacial score (nSPS) is 20.8. The van der Waals surface area contributed by atoms with Crippen LogP contribution in [0.3, 0.4) is 0 Å². The third-order valence-electron chi connectivity index (χ3n) is 4.61. The Morgan fingerprint density at radius 2 is 2.22 bits per heavy atom. The predicted molar refractivity (Wildman–Crippen MR) is 89.8 cm³/mol. The first-order valence-corrected chi connectivity index (χ1v) is 8.27. The number of aliphatic hydroxyl groups excluding tert-OH is 1. The van der Waals surface area contributed by atoms with Crippen LogP contribution in [0.4, 0.5) is 0 Å². The molecule has 1 aliphatic carbocycles. The van der Waals surface area contributed by atoms with Gasteiger partial charge in [-0.15, -0.1) is 0 Å². The average Bonchev–Trinajstić information content (AvgIpc) is 3.13. The molecule has 0 radical (unpaired) electrons. The number of fused-ring (bicyclic) bond motifs is 1. The van der Waals surface area contributed by atoms with Crippen molar-refractivity contribution >= 4 is 16.8 Å². The molecule has 5 nitrogen and oxygen atoms in total. The van der Waals surface area contributed by atoms with Crippen molar-refractivity contribution in [3.05, 3.63) is 30.0 Å². The van der Waals surface area contributed by atoms with E-state index in [2.05, 4.69) is 4.98 Å². The molecule has 1 aromatic heterocycles. The van der Waals surface area contributed by atoms with Gasteiger partial charge >= 0.3 is 0 Å². The predicted octanol–water partition coefficient (Wildman–Crippen LogP) is 2.80. The molecular formula is C18H24N2O3. The Hall–Kier alpha value is -2.01. The van der Waals surface area contributed by atoms with Crippen molar-refractivity contribution in [1.29, 1.82) is 0 Å². The number of amides is 1. The van der Waals surface area contributed by atoms with Gasteiger partial charge in [-0.25, -0.2) is 0 Å². The van der Waals surface area contributed by atoms with Crippen LogP contribution in [0, 0.1) is 5.92 Å². The molecule has 2 aromatic rings. The lowest BCUT2D eigenvalue weighted by molar-refractivity contribution is 0.0689. The quantitative estimate of drug-likeness (QED) is 0.891. The van der Waals surface area contributed by atoms with Crippen LogP contribution in [0.5, 0.6) is 5.75 Å². The summed E-state index contributed by atoms with van der Waals surface area (Å²) in [6.45, 7) is 3.16.